The van der Waals surface area contributed by atoms with E-state index in [1.165, 1.54) is 36.8 Å². The first-order chi connectivity index (χ1) is 10.8. The molecule has 0 saturated carbocycles. The highest BCUT2D eigenvalue weighted by Gasteiger charge is 2.44. The molecule has 1 aromatic rings. The Morgan fingerprint density at radius 2 is 1.96 bits per heavy atom. The van der Waals surface area contributed by atoms with Crippen LogP contribution in [-0.4, -0.2) is 33.6 Å². The van der Waals surface area contributed by atoms with E-state index in [-0.39, 0.29) is 0 Å². The molecule has 1 saturated heterocycles. The number of hydrogen-bond donors (Lipinski definition) is 1. The summed E-state index contributed by atoms with van der Waals surface area (Å²) in [6.07, 6.45) is 7.92. The van der Waals surface area contributed by atoms with Crippen molar-refractivity contribution < 1.29 is 4.21 Å². The van der Waals surface area contributed by atoms with Gasteiger partial charge in [-0.3, -0.25) is 4.21 Å². The predicted molar refractivity (Wildman–Crippen MR) is 104 cm³/mol. The standard InChI is InChI=1S/C19H32ClNOS/c1-5-11-19(14-21(15-19)23(4,22)6-2)12-7-8-17-13-18(20)10-9-16(17)3/h9-10,13,23H,5-8,11-12,14-15H2,1-4H3. The number of thiol groups is 1. The molecule has 0 unspecified atom stereocenters. The van der Waals surface area contributed by atoms with E-state index in [2.05, 4.69) is 30.3 Å². The second-order valence-corrected chi connectivity index (χ2v) is 11.1. The van der Waals surface area contributed by atoms with Crippen LogP contribution in [0, 0.1) is 12.3 Å². The fourth-order valence-electron chi connectivity index (χ4n) is 3.76. The van der Waals surface area contributed by atoms with Gasteiger partial charge in [0.25, 0.3) is 0 Å². The zero-order valence-corrected chi connectivity index (χ0v) is 16.7. The molecule has 0 aromatic heterocycles. The lowest BCUT2D eigenvalue weighted by atomic mass is 9.73. The van der Waals surface area contributed by atoms with Crippen LogP contribution in [0.1, 0.15) is 50.7 Å². The molecule has 0 spiro atoms. The van der Waals surface area contributed by atoms with Gasteiger partial charge < -0.3 is 0 Å². The third kappa shape index (κ3) is 4.58. The molecule has 1 aromatic carbocycles. The molecule has 4 heteroatoms. The van der Waals surface area contributed by atoms with Crippen LogP contribution in [0.2, 0.25) is 5.02 Å². The number of benzene rings is 1. The average Bonchev–Trinajstić information content (AvgIpc) is 2.47. The average molecular weight is 358 g/mol. The quantitative estimate of drug-likeness (QED) is 0.671. The van der Waals surface area contributed by atoms with Crippen molar-refractivity contribution in [2.24, 2.45) is 5.41 Å². The van der Waals surface area contributed by atoms with Crippen molar-refractivity contribution in [2.75, 3.05) is 25.1 Å². The smallest absolute Gasteiger partial charge is 0.0408 e. The zero-order chi connectivity index (χ0) is 17.1. The molecule has 0 amide bonds. The van der Waals surface area contributed by atoms with Crippen LogP contribution in [0.5, 0.6) is 0 Å². The lowest BCUT2D eigenvalue weighted by Crippen LogP contribution is -2.60. The maximum atomic E-state index is 12.5. The Morgan fingerprint density at radius 1 is 1.26 bits per heavy atom. The van der Waals surface area contributed by atoms with Crippen LogP contribution >= 0.6 is 11.6 Å². The highest BCUT2D eigenvalue weighted by atomic mass is 35.5. The summed E-state index contributed by atoms with van der Waals surface area (Å²) in [6.45, 7) is 8.51. The van der Waals surface area contributed by atoms with E-state index >= 15 is 0 Å². The minimum atomic E-state index is -2.07. The molecule has 2 nitrogen and oxygen atoms in total. The second kappa shape index (κ2) is 7.67. The molecule has 0 aliphatic carbocycles. The molecule has 1 aliphatic heterocycles. The summed E-state index contributed by atoms with van der Waals surface area (Å²) < 4.78 is 14.8. The SMILES string of the molecule is CCCC1(CCCc2cc(Cl)ccc2C)CN([SH](C)(=O)CC)C1. The van der Waals surface area contributed by atoms with Gasteiger partial charge in [-0.1, -0.05) is 48.1 Å². The number of hydrogen-bond acceptors (Lipinski definition) is 1. The molecular weight excluding hydrogens is 326 g/mol. The van der Waals surface area contributed by atoms with Gasteiger partial charge in [-0.05, 0) is 61.3 Å². The first-order valence-electron chi connectivity index (χ1n) is 8.89. The van der Waals surface area contributed by atoms with E-state index in [9.17, 15) is 4.21 Å². The lowest BCUT2D eigenvalue weighted by Gasteiger charge is -2.54. The molecule has 0 atom stereocenters. The zero-order valence-electron chi connectivity index (χ0n) is 15.1. The van der Waals surface area contributed by atoms with Crippen molar-refractivity contribution >= 4 is 21.7 Å². The third-order valence-corrected chi connectivity index (χ3v) is 8.35. The fourth-order valence-corrected chi connectivity index (χ4v) is 5.55. The largest absolute Gasteiger partial charge is 0.271 e. The van der Waals surface area contributed by atoms with E-state index in [0.717, 1.165) is 30.3 Å². The maximum Gasteiger partial charge on any atom is 0.0408 e. The second-order valence-electron chi connectivity index (χ2n) is 7.36. The molecule has 1 fully saturated rings. The van der Waals surface area contributed by atoms with Gasteiger partial charge in [0.2, 0.25) is 0 Å². The summed E-state index contributed by atoms with van der Waals surface area (Å²) in [5, 5.41) is 0.832. The van der Waals surface area contributed by atoms with Gasteiger partial charge >= 0.3 is 0 Å². The first-order valence-corrected chi connectivity index (χ1v) is 11.6. The summed E-state index contributed by atoms with van der Waals surface area (Å²) in [4.78, 5) is 0. The van der Waals surface area contributed by atoms with Crippen molar-refractivity contribution in [3.63, 3.8) is 0 Å². The van der Waals surface area contributed by atoms with Crippen LogP contribution in [-0.2, 0) is 16.5 Å². The van der Waals surface area contributed by atoms with Gasteiger partial charge in [-0.2, -0.15) is 0 Å². The van der Waals surface area contributed by atoms with Gasteiger partial charge in [-0.15, -0.1) is 0 Å². The Hall–Kier alpha value is -0.380. The van der Waals surface area contributed by atoms with E-state index < -0.39 is 10.1 Å². The predicted octanol–water partition coefficient (Wildman–Crippen LogP) is 4.65. The minimum Gasteiger partial charge on any atom is -0.271 e. The summed E-state index contributed by atoms with van der Waals surface area (Å²) in [6, 6.07) is 6.18. The van der Waals surface area contributed by atoms with E-state index in [1.54, 1.807) is 0 Å². The van der Waals surface area contributed by atoms with Gasteiger partial charge in [0, 0.05) is 30.1 Å². The van der Waals surface area contributed by atoms with Crippen LogP contribution in [0.15, 0.2) is 18.2 Å². The molecule has 0 radical (unpaired) electrons. The van der Waals surface area contributed by atoms with Crippen molar-refractivity contribution in [1.29, 1.82) is 0 Å². The molecule has 0 bridgehead atoms. The van der Waals surface area contributed by atoms with Crippen LogP contribution in [0.3, 0.4) is 0 Å². The molecule has 1 aliphatic rings. The fraction of sp³-hybridized carbons (Fsp3) is 0.684. The monoisotopic (exact) mass is 357 g/mol. The topological polar surface area (TPSA) is 20.3 Å². The van der Waals surface area contributed by atoms with Crippen LogP contribution in [0.25, 0.3) is 0 Å². The van der Waals surface area contributed by atoms with Crippen molar-refractivity contribution in [3.8, 4) is 0 Å². The van der Waals surface area contributed by atoms with E-state index in [1.807, 2.05) is 19.2 Å². The van der Waals surface area contributed by atoms with Crippen molar-refractivity contribution in [1.82, 2.24) is 4.31 Å². The van der Waals surface area contributed by atoms with Crippen molar-refractivity contribution in [3.05, 3.63) is 34.3 Å². The maximum absolute atomic E-state index is 12.5. The Balaban J connectivity index is 1.92. The van der Waals surface area contributed by atoms with Crippen LogP contribution < -0.4 is 0 Å². The number of halogens is 1. The Bertz CT molecular complexity index is 581. The van der Waals surface area contributed by atoms with Gasteiger partial charge in [0.1, 0.15) is 0 Å². The van der Waals surface area contributed by atoms with E-state index in [0.29, 0.717) is 5.41 Å². The van der Waals surface area contributed by atoms with Gasteiger partial charge in [0.15, 0.2) is 0 Å². The highest BCUT2D eigenvalue weighted by Crippen LogP contribution is 2.42. The molecule has 23 heavy (non-hydrogen) atoms. The first kappa shape index (κ1) is 19.0. The van der Waals surface area contributed by atoms with E-state index in [4.69, 9.17) is 11.6 Å². The highest BCUT2D eigenvalue weighted by molar-refractivity contribution is 8.00. The summed E-state index contributed by atoms with van der Waals surface area (Å²) in [5.41, 5.74) is 3.09. The van der Waals surface area contributed by atoms with Gasteiger partial charge in [0.05, 0.1) is 0 Å². The summed E-state index contributed by atoms with van der Waals surface area (Å²) in [5.74, 6) is 0.789. The molecule has 132 valence electrons. The Morgan fingerprint density at radius 3 is 2.57 bits per heavy atom. The summed E-state index contributed by atoms with van der Waals surface area (Å²) in [7, 11) is -2.07. The van der Waals surface area contributed by atoms with Crippen molar-refractivity contribution in [2.45, 2.75) is 52.9 Å². The van der Waals surface area contributed by atoms with Gasteiger partial charge in [-0.25, -0.2) is 4.31 Å². The van der Waals surface area contributed by atoms with Crippen LogP contribution in [0.4, 0.5) is 0 Å². The Labute approximate surface area is 148 Å². The summed E-state index contributed by atoms with van der Waals surface area (Å²) >= 11 is 6.12. The number of rotatable bonds is 8. The number of nitrogens with zero attached hydrogens (tertiary/aromatic N) is 1. The number of aryl methyl sites for hydroxylation is 2. The molecule has 1 heterocycles. The normalized spacial score (nSPS) is 18.7. The lowest BCUT2D eigenvalue weighted by molar-refractivity contribution is 0.0503. The molecule has 2 rings (SSSR count). The third-order valence-electron chi connectivity index (χ3n) is 5.47. The Kier molecular flexibility index (Phi) is 6.32. The molecular formula is C19H32ClNOS. The molecule has 0 N–H and O–H groups in total. The minimum absolute atomic E-state index is 0.391.